The van der Waals surface area contributed by atoms with Gasteiger partial charge in [0.15, 0.2) is 0 Å². The van der Waals surface area contributed by atoms with Crippen LogP contribution in [0.25, 0.3) is 0 Å². The first kappa shape index (κ1) is 16.8. The van der Waals surface area contributed by atoms with Crippen molar-refractivity contribution in [3.63, 3.8) is 0 Å². The van der Waals surface area contributed by atoms with Gasteiger partial charge in [0.2, 0.25) is 0 Å². The van der Waals surface area contributed by atoms with E-state index < -0.39 is 18.0 Å². The van der Waals surface area contributed by atoms with Gasteiger partial charge in [0.1, 0.15) is 11.8 Å². The van der Waals surface area contributed by atoms with Gasteiger partial charge in [0.25, 0.3) is 0 Å². The quantitative estimate of drug-likeness (QED) is 0.682. The van der Waals surface area contributed by atoms with E-state index in [0.29, 0.717) is 25.8 Å². The Morgan fingerprint density at radius 2 is 1.95 bits per heavy atom. The van der Waals surface area contributed by atoms with Crippen molar-refractivity contribution in [3.8, 4) is 5.75 Å². The van der Waals surface area contributed by atoms with Gasteiger partial charge in [-0.3, -0.25) is 0 Å². The topological polar surface area (TPSA) is 87.7 Å². The highest BCUT2D eigenvalue weighted by Gasteiger charge is 2.18. The second-order valence-electron chi connectivity index (χ2n) is 4.68. The number of ether oxygens (including phenoxy) is 1. The Morgan fingerprint density at radius 1 is 1.29 bits per heavy atom. The van der Waals surface area contributed by atoms with Gasteiger partial charge in [-0.2, -0.15) is 0 Å². The summed E-state index contributed by atoms with van der Waals surface area (Å²) in [5, 5.41) is 14.1. The van der Waals surface area contributed by atoms with Gasteiger partial charge >= 0.3 is 12.0 Å². The van der Waals surface area contributed by atoms with Crippen molar-refractivity contribution < 1.29 is 19.4 Å². The fourth-order valence-electron chi connectivity index (χ4n) is 1.87. The smallest absolute Gasteiger partial charge is 0.326 e. The van der Waals surface area contributed by atoms with Gasteiger partial charge in [0.05, 0.1) is 7.11 Å². The van der Waals surface area contributed by atoms with E-state index in [-0.39, 0.29) is 0 Å². The molecule has 6 heteroatoms. The first-order chi connectivity index (χ1) is 10.1. The van der Waals surface area contributed by atoms with Crippen molar-refractivity contribution in [2.75, 3.05) is 13.7 Å². The largest absolute Gasteiger partial charge is 0.497 e. The normalized spacial score (nSPS) is 11.5. The number of benzene rings is 1. The van der Waals surface area contributed by atoms with Crippen LogP contribution in [0.5, 0.6) is 5.75 Å². The van der Waals surface area contributed by atoms with Crippen LogP contribution in [0, 0.1) is 0 Å². The number of rotatable bonds is 8. The first-order valence-electron chi connectivity index (χ1n) is 6.97. The summed E-state index contributed by atoms with van der Waals surface area (Å²) < 4.78 is 5.07. The van der Waals surface area contributed by atoms with Crippen LogP contribution in [-0.2, 0) is 11.2 Å². The van der Waals surface area contributed by atoms with E-state index >= 15 is 0 Å². The van der Waals surface area contributed by atoms with E-state index in [1.54, 1.807) is 7.11 Å². The lowest BCUT2D eigenvalue weighted by atomic mass is 10.1. The van der Waals surface area contributed by atoms with Crippen LogP contribution in [0.4, 0.5) is 4.79 Å². The van der Waals surface area contributed by atoms with Crippen LogP contribution in [0.3, 0.4) is 0 Å². The maximum Gasteiger partial charge on any atom is 0.326 e. The van der Waals surface area contributed by atoms with Crippen molar-refractivity contribution in [1.82, 2.24) is 10.6 Å². The summed E-state index contributed by atoms with van der Waals surface area (Å²) in [6.07, 6.45) is 1.78. The molecule has 1 rings (SSSR count). The predicted molar refractivity (Wildman–Crippen MR) is 79.6 cm³/mol. The van der Waals surface area contributed by atoms with Crippen molar-refractivity contribution in [2.24, 2.45) is 0 Å². The second-order valence-corrected chi connectivity index (χ2v) is 4.68. The molecule has 1 atom stereocenters. The number of carbonyl (C=O) groups excluding carboxylic acids is 1. The molecule has 1 aromatic carbocycles. The van der Waals surface area contributed by atoms with E-state index in [1.807, 2.05) is 31.2 Å². The van der Waals surface area contributed by atoms with E-state index in [0.717, 1.165) is 11.3 Å². The van der Waals surface area contributed by atoms with Crippen molar-refractivity contribution in [1.29, 1.82) is 0 Å². The number of nitrogens with one attached hydrogen (secondary N) is 2. The summed E-state index contributed by atoms with van der Waals surface area (Å²) in [6, 6.07) is 6.28. The Labute approximate surface area is 124 Å². The first-order valence-corrected chi connectivity index (χ1v) is 6.97. The number of aliphatic carboxylic acids is 1. The molecule has 0 spiro atoms. The zero-order valence-electron chi connectivity index (χ0n) is 12.4. The minimum Gasteiger partial charge on any atom is -0.497 e. The number of amides is 2. The van der Waals surface area contributed by atoms with Gasteiger partial charge in [-0.05, 0) is 30.5 Å². The van der Waals surface area contributed by atoms with Gasteiger partial charge in [0, 0.05) is 6.54 Å². The third kappa shape index (κ3) is 6.16. The number of carboxylic acids is 1. The molecule has 0 unspecified atom stereocenters. The second kappa shape index (κ2) is 8.84. The highest BCUT2D eigenvalue weighted by Crippen LogP contribution is 2.11. The molecule has 1 aromatic rings. The minimum atomic E-state index is -1.01. The van der Waals surface area contributed by atoms with E-state index in [2.05, 4.69) is 10.6 Å². The Morgan fingerprint density at radius 3 is 2.48 bits per heavy atom. The molecule has 21 heavy (non-hydrogen) atoms. The lowest BCUT2D eigenvalue weighted by molar-refractivity contribution is -0.139. The molecule has 0 saturated heterocycles. The number of carboxylic acid groups (broad SMARTS) is 1. The van der Waals surface area contributed by atoms with Crippen LogP contribution in [0.15, 0.2) is 24.3 Å². The zero-order chi connectivity index (χ0) is 15.7. The number of hydrogen-bond donors (Lipinski definition) is 3. The summed E-state index contributed by atoms with van der Waals surface area (Å²) in [6.45, 7) is 2.32. The molecule has 0 fully saturated rings. The van der Waals surface area contributed by atoms with Gasteiger partial charge in [-0.25, -0.2) is 9.59 Å². The van der Waals surface area contributed by atoms with Crippen LogP contribution in [0.1, 0.15) is 25.3 Å². The maximum atomic E-state index is 11.6. The summed E-state index contributed by atoms with van der Waals surface area (Å²) in [7, 11) is 1.61. The third-order valence-corrected chi connectivity index (χ3v) is 3.04. The monoisotopic (exact) mass is 294 g/mol. The van der Waals surface area contributed by atoms with Crippen LogP contribution >= 0.6 is 0 Å². The number of hydrogen-bond acceptors (Lipinski definition) is 3. The standard InChI is InChI=1S/C15H22N2O4/c1-3-4-13(14(18)19)17-15(20)16-10-9-11-5-7-12(21-2)8-6-11/h5-8,13H,3-4,9-10H2,1-2H3,(H,18,19)(H2,16,17,20)/t13-/m1/s1. The number of carbonyl (C=O) groups is 2. The Bertz CT molecular complexity index is 459. The highest BCUT2D eigenvalue weighted by atomic mass is 16.5. The average molecular weight is 294 g/mol. The molecular weight excluding hydrogens is 272 g/mol. The maximum absolute atomic E-state index is 11.6. The summed E-state index contributed by atoms with van der Waals surface area (Å²) >= 11 is 0. The summed E-state index contributed by atoms with van der Waals surface area (Å²) in [4.78, 5) is 22.5. The highest BCUT2D eigenvalue weighted by molar-refractivity contribution is 5.82. The van der Waals surface area contributed by atoms with Gasteiger partial charge in [-0.1, -0.05) is 25.5 Å². The van der Waals surface area contributed by atoms with E-state index in [1.165, 1.54) is 0 Å². The van der Waals surface area contributed by atoms with E-state index in [9.17, 15) is 9.59 Å². The molecule has 0 aliphatic carbocycles. The lowest BCUT2D eigenvalue weighted by Gasteiger charge is -2.14. The molecule has 0 aromatic heterocycles. The summed E-state index contributed by atoms with van der Waals surface area (Å²) in [5.41, 5.74) is 1.07. The minimum absolute atomic E-state index is 0.418. The van der Waals surface area contributed by atoms with Crippen molar-refractivity contribution >= 4 is 12.0 Å². The third-order valence-electron chi connectivity index (χ3n) is 3.04. The lowest BCUT2D eigenvalue weighted by Crippen LogP contribution is -2.46. The van der Waals surface area contributed by atoms with Gasteiger partial charge < -0.3 is 20.5 Å². The molecule has 6 nitrogen and oxygen atoms in total. The molecule has 0 aliphatic heterocycles. The Kier molecular flexibility index (Phi) is 7.08. The molecular formula is C15H22N2O4. The fourth-order valence-corrected chi connectivity index (χ4v) is 1.87. The average Bonchev–Trinajstić information content (AvgIpc) is 2.47. The van der Waals surface area contributed by atoms with Crippen molar-refractivity contribution in [3.05, 3.63) is 29.8 Å². The molecule has 0 aliphatic rings. The Hall–Kier alpha value is -2.24. The fraction of sp³-hybridized carbons (Fsp3) is 0.467. The molecule has 2 amide bonds. The van der Waals surface area contributed by atoms with Crippen LogP contribution in [0.2, 0.25) is 0 Å². The van der Waals surface area contributed by atoms with Crippen LogP contribution in [-0.4, -0.2) is 36.8 Å². The van der Waals surface area contributed by atoms with Crippen LogP contribution < -0.4 is 15.4 Å². The molecule has 116 valence electrons. The number of methoxy groups -OCH3 is 1. The SMILES string of the molecule is CCC[C@@H](NC(=O)NCCc1ccc(OC)cc1)C(=O)O. The summed E-state index contributed by atoms with van der Waals surface area (Å²) in [5.74, 6) is -0.226. The van der Waals surface area contributed by atoms with E-state index in [4.69, 9.17) is 9.84 Å². The Balaban J connectivity index is 2.33. The van der Waals surface area contributed by atoms with Crippen molar-refractivity contribution in [2.45, 2.75) is 32.2 Å². The molecule has 0 radical (unpaired) electrons. The molecule has 0 saturated carbocycles. The zero-order valence-corrected chi connectivity index (χ0v) is 12.4. The number of urea groups is 1. The predicted octanol–water partition coefficient (Wildman–Crippen LogP) is 1.79. The molecule has 0 bridgehead atoms. The van der Waals surface area contributed by atoms with Gasteiger partial charge in [-0.15, -0.1) is 0 Å². The molecule has 0 heterocycles. The molecule has 3 N–H and O–H groups in total.